The van der Waals surface area contributed by atoms with Crippen molar-refractivity contribution in [2.24, 2.45) is 5.92 Å². The fourth-order valence-electron chi connectivity index (χ4n) is 7.30. The average Bonchev–Trinajstić information content (AvgIpc) is 3.92. The molecule has 0 amide bonds. The standard InChI is InChI=1S/C49H72N6O12/c1-9-10-11-12-38-28-43(66-47(58)17-23-62-32-39-30-54(52-50-39)19-25-60-21-15-45(56)64-35(4)5)49(42-27-37(8)13-14-41(42)34(2)3)44(29-38)67-48(59)18-24-63-33-40-31-55(53-51-40)20-26-61-22-16-46(57)65-36(6)7/h27-31,35-36,41-42H,2,9-26,32-33H2,1,3-8H3/t41-,42+/m0/s1. The lowest BCUT2D eigenvalue weighted by Crippen LogP contribution is -2.21. The van der Waals surface area contributed by atoms with Gasteiger partial charge in [-0.3, -0.25) is 19.2 Å². The van der Waals surface area contributed by atoms with Crippen molar-refractivity contribution in [1.82, 2.24) is 30.0 Å². The Bertz CT molecular complexity index is 1950. The summed E-state index contributed by atoms with van der Waals surface area (Å²) in [7, 11) is 0. The monoisotopic (exact) mass is 937 g/mol. The third kappa shape index (κ3) is 20.6. The third-order valence-corrected chi connectivity index (χ3v) is 10.5. The molecule has 1 aliphatic rings. The van der Waals surface area contributed by atoms with Gasteiger partial charge in [0, 0.05) is 11.5 Å². The highest BCUT2D eigenvalue weighted by Crippen LogP contribution is 2.47. The van der Waals surface area contributed by atoms with E-state index >= 15 is 0 Å². The molecule has 2 aromatic heterocycles. The van der Waals surface area contributed by atoms with Gasteiger partial charge >= 0.3 is 23.9 Å². The molecule has 18 nitrogen and oxygen atoms in total. The SMILES string of the molecule is C=C(C)[C@@H]1CCC(C)=C[C@H]1c1c(OC(=O)CCOCc2cn(CCOCCC(=O)OC(C)C)nn2)cc(CCCCC)cc1OC(=O)CCOCc1cn(CCOCCC(=O)OC(C)C)nn1. The van der Waals surface area contributed by atoms with E-state index in [9.17, 15) is 19.2 Å². The zero-order valence-electron chi connectivity index (χ0n) is 40.6. The number of aryl methyl sites for hydroxylation is 1. The summed E-state index contributed by atoms with van der Waals surface area (Å²) in [6.07, 6.45) is 11.0. The maximum absolute atomic E-state index is 13.6. The molecule has 1 aliphatic carbocycles. The fraction of sp³-hybridized carbons (Fsp3) is 0.633. The molecule has 2 atom stereocenters. The molecular formula is C49H72N6O12. The summed E-state index contributed by atoms with van der Waals surface area (Å²) in [6, 6.07) is 3.81. The second kappa shape index (κ2) is 29.5. The number of hydrogen-bond donors (Lipinski definition) is 0. The molecule has 3 aromatic rings. The Morgan fingerprint density at radius 2 is 1.18 bits per heavy atom. The number of allylic oxidation sites excluding steroid dienone is 3. The largest absolute Gasteiger partial charge is 0.463 e. The number of unbranched alkanes of at least 4 members (excludes halogenated alkanes) is 2. The number of carbonyl (C=O) groups excluding carboxylic acids is 4. The molecule has 0 fully saturated rings. The number of aromatic nitrogens is 6. The van der Waals surface area contributed by atoms with Crippen molar-refractivity contribution in [2.45, 2.75) is 157 Å². The minimum atomic E-state index is -0.493. The van der Waals surface area contributed by atoms with Crippen molar-refractivity contribution in [3.05, 3.63) is 70.8 Å². The Hall–Kier alpha value is -5.30. The molecule has 0 saturated heterocycles. The molecule has 4 rings (SSSR count). The summed E-state index contributed by atoms with van der Waals surface area (Å²) in [5, 5.41) is 16.5. The lowest BCUT2D eigenvalue weighted by molar-refractivity contribution is -0.149. The van der Waals surface area contributed by atoms with Crippen LogP contribution in [-0.2, 0) is 80.3 Å². The highest BCUT2D eigenvalue weighted by Gasteiger charge is 2.32. The number of hydrogen-bond acceptors (Lipinski definition) is 16. The van der Waals surface area contributed by atoms with Crippen molar-refractivity contribution in [3.8, 4) is 11.5 Å². The van der Waals surface area contributed by atoms with Crippen LogP contribution in [0.4, 0.5) is 0 Å². The molecule has 0 saturated carbocycles. The minimum absolute atomic E-state index is 0.0261. The first-order valence-corrected chi connectivity index (χ1v) is 23.6. The van der Waals surface area contributed by atoms with Gasteiger partial charge in [-0.15, -0.1) is 10.2 Å². The van der Waals surface area contributed by atoms with Crippen LogP contribution in [-0.4, -0.2) is 106 Å². The molecular weight excluding hydrogens is 865 g/mol. The van der Waals surface area contributed by atoms with E-state index in [0.717, 1.165) is 43.2 Å². The minimum Gasteiger partial charge on any atom is -0.463 e. The van der Waals surface area contributed by atoms with Crippen LogP contribution in [0.1, 0.15) is 135 Å². The van der Waals surface area contributed by atoms with Crippen LogP contribution in [0.2, 0.25) is 0 Å². The summed E-state index contributed by atoms with van der Waals surface area (Å²) < 4.78 is 48.5. The first-order valence-electron chi connectivity index (χ1n) is 23.6. The van der Waals surface area contributed by atoms with Crippen molar-refractivity contribution < 1.29 is 57.1 Å². The van der Waals surface area contributed by atoms with E-state index in [1.54, 1.807) is 49.5 Å². The van der Waals surface area contributed by atoms with Crippen molar-refractivity contribution in [1.29, 1.82) is 0 Å². The number of esters is 4. The Balaban J connectivity index is 1.36. The molecule has 1 aromatic carbocycles. The van der Waals surface area contributed by atoms with Gasteiger partial charge in [-0.1, -0.05) is 54.0 Å². The van der Waals surface area contributed by atoms with Crippen LogP contribution in [0.25, 0.3) is 0 Å². The Morgan fingerprint density at radius 3 is 1.64 bits per heavy atom. The highest BCUT2D eigenvalue weighted by atomic mass is 16.6. The molecule has 370 valence electrons. The number of benzene rings is 1. The molecule has 0 aliphatic heterocycles. The zero-order valence-corrected chi connectivity index (χ0v) is 40.6. The molecule has 18 heteroatoms. The lowest BCUT2D eigenvalue weighted by atomic mass is 9.73. The second-order valence-electron chi connectivity index (χ2n) is 17.3. The van der Waals surface area contributed by atoms with E-state index < -0.39 is 11.9 Å². The smallest absolute Gasteiger partial charge is 0.313 e. The zero-order chi connectivity index (χ0) is 48.6. The fourth-order valence-corrected chi connectivity index (χ4v) is 7.30. The predicted molar refractivity (Wildman–Crippen MR) is 247 cm³/mol. The van der Waals surface area contributed by atoms with E-state index in [4.69, 9.17) is 37.9 Å². The van der Waals surface area contributed by atoms with Gasteiger partial charge in [0.05, 0.1) is 116 Å². The molecule has 67 heavy (non-hydrogen) atoms. The maximum atomic E-state index is 13.6. The number of carbonyl (C=O) groups is 4. The van der Waals surface area contributed by atoms with Gasteiger partial charge in [0.2, 0.25) is 0 Å². The third-order valence-electron chi connectivity index (χ3n) is 10.5. The number of rotatable bonds is 32. The van der Waals surface area contributed by atoms with Crippen molar-refractivity contribution in [2.75, 3.05) is 39.6 Å². The summed E-state index contributed by atoms with van der Waals surface area (Å²) in [6.45, 7) is 20.2. The van der Waals surface area contributed by atoms with Crippen LogP contribution < -0.4 is 9.47 Å². The maximum Gasteiger partial charge on any atom is 0.313 e. The first-order chi connectivity index (χ1) is 32.2. The first kappa shape index (κ1) is 54.3. The van der Waals surface area contributed by atoms with Crippen molar-refractivity contribution in [3.63, 3.8) is 0 Å². The van der Waals surface area contributed by atoms with Crippen LogP contribution >= 0.6 is 0 Å². The van der Waals surface area contributed by atoms with E-state index in [1.165, 1.54) is 5.57 Å². The summed E-state index contributed by atoms with van der Waals surface area (Å²) in [4.78, 5) is 50.5. The summed E-state index contributed by atoms with van der Waals surface area (Å²) >= 11 is 0. The van der Waals surface area contributed by atoms with Gasteiger partial charge in [-0.05, 0) is 90.8 Å². The van der Waals surface area contributed by atoms with E-state index in [0.29, 0.717) is 61.2 Å². The molecule has 0 unspecified atom stereocenters. The van der Waals surface area contributed by atoms with E-state index in [1.807, 2.05) is 19.1 Å². The van der Waals surface area contributed by atoms with Gasteiger partial charge in [0.25, 0.3) is 0 Å². The Morgan fingerprint density at radius 1 is 0.701 bits per heavy atom. The van der Waals surface area contributed by atoms with E-state index in [-0.39, 0.29) is 101 Å². The topological polar surface area (TPSA) is 204 Å². The number of ether oxygens (including phenoxy) is 8. The van der Waals surface area contributed by atoms with Crippen LogP contribution in [0.3, 0.4) is 0 Å². The highest BCUT2D eigenvalue weighted by molar-refractivity contribution is 5.76. The molecule has 0 radical (unpaired) electrons. The van der Waals surface area contributed by atoms with Gasteiger partial charge in [-0.2, -0.15) is 0 Å². The Kier molecular flexibility index (Phi) is 23.9. The van der Waals surface area contributed by atoms with Gasteiger partial charge in [0.1, 0.15) is 22.9 Å². The molecule has 0 bridgehead atoms. The predicted octanol–water partition coefficient (Wildman–Crippen LogP) is 7.36. The summed E-state index contributed by atoms with van der Waals surface area (Å²) in [5.74, 6) is -1.11. The quantitative estimate of drug-likeness (QED) is 0.0260. The number of nitrogens with zero attached hydrogens (tertiary/aromatic N) is 6. The normalized spacial score (nSPS) is 14.9. The summed E-state index contributed by atoms with van der Waals surface area (Å²) in [5.41, 5.74) is 4.86. The van der Waals surface area contributed by atoms with Crippen LogP contribution in [0, 0.1) is 5.92 Å². The van der Waals surface area contributed by atoms with Crippen molar-refractivity contribution >= 4 is 23.9 Å². The Labute approximate surface area is 395 Å². The van der Waals surface area contributed by atoms with Gasteiger partial charge in [-0.25, -0.2) is 9.36 Å². The van der Waals surface area contributed by atoms with Gasteiger partial charge in [0.15, 0.2) is 0 Å². The molecule has 2 heterocycles. The lowest BCUT2D eigenvalue weighted by Gasteiger charge is -2.32. The molecule has 0 spiro atoms. The van der Waals surface area contributed by atoms with Gasteiger partial charge < -0.3 is 37.9 Å². The van der Waals surface area contributed by atoms with Crippen LogP contribution in [0.15, 0.2) is 48.3 Å². The second-order valence-corrected chi connectivity index (χ2v) is 17.3. The van der Waals surface area contributed by atoms with E-state index in [2.05, 4.69) is 47.1 Å². The molecule has 0 N–H and O–H groups in total. The average molecular weight is 937 g/mol. The van der Waals surface area contributed by atoms with Crippen LogP contribution in [0.5, 0.6) is 11.5 Å².